The van der Waals surface area contributed by atoms with Crippen molar-refractivity contribution >= 4 is 65.4 Å². The first-order valence-electron chi connectivity index (χ1n) is 18.3. The molecule has 4 aromatic heterocycles. The number of hydrogen-bond acceptors (Lipinski definition) is 9. The molecule has 1 fully saturated rings. The van der Waals surface area contributed by atoms with E-state index in [0.717, 1.165) is 48.7 Å². The second-order valence-corrected chi connectivity index (χ2v) is 14.9. The van der Waals surface area contributed by atoms with Gasteiger partial charge in [-0.2, -0.15) is 0 Å². The minimum atomic E-state index is -0.491. The van der Waals surface area contributed by atoms with Crippen LogP contribution >= 0.6 is 31.9 Å². The molecule has 14 heteroatoms. The van der Waals surface area contributed by atoms with Crippen molar-refractivity contribution in [3.8, 4) is 0 Å². The van der Waals surface area contributed by atoms with Gasteiger partial charge in [0.25, 0.3) is 5.91 Å². The Hall–Kier alpha value is -5.64. The minimum Gasteiger partial charge on any atom is -0.348 e. The van der Waals surface area contributed by atoms with Crippen molar-refractivity contribution < 1.29 is 23.9 Å². The van der Waals surface area contributed by atoms with Gasteiger partial charge in [-0.25, -0.2) is 15.0 Å². The van der Waals surface area contributed by atoms with Crippen molar-refractivity contribution in [2.75, 3.05) is 27.4 Å². The van der Waals surface area contributed by atoms with Crippen molar-refractivity contribution in [3.05, 3.63) is 185 Å². The Morgan fingerprint density at radius 1 is 0.707 bits per heavy atom. The number of hydroxylamine groups is 2. The molecule has 0 spiro atoms. The first kappa shape index (κ1) is 40.6. The van der Waals surface area contributed by atoms with Crippen LogP contribution in [0.3, 0.4) is 0 Å². The maximum Gasteiger partial charge on any atom is 0.282 e. The summed E-state index contributed by atoms with van der Waals surface area (Å²) in [5, 5.41) is 2.01. The number of amides is 1. The summed E-state index contributed by atoms with van der Waals surface area (Å²) in [7, 11) is 2.85. The highest BCUT2D eigenvalue weighted by atomic mass is 79.9. The van der Waals surface area contributed by atoms with Gasteiger partial charge < -0.3 is 18.6 Å². The molecular formula is C44H37Br2N5O7. The zero-order chi connectivity index (χ0) is 40.8. The van der Waals surface area contributed by atoms with Crippen molar-refractivity contribution in [3.63, 3.8) is 0 Å². The molecule has 8 rings (SSSR count). The monoisotopic (exact) mass is 905 g/mol. The van der Waals surface area contributed by atoms with E-state index < -0.39 is 12.2 Å². The number of aromatic nitrogens is 4. The smallest absolute Gasteiger partial charge is 0.282 e. The number of halogens is 2. The molecule has 0 radical (unpaired) electrons. The van der Waals surface area contributed by atoms with Gasteiger partial charge in [-0.3, -0.25) is 24.0 Å². The molecule has 58 heavy (non-hydrogen) atoms. The predicted molar refractivity (Wildman–Crippen MR) is 227 cm³/mol. The van der Waals surface area contributed by atoms with Gasteiger partial charge in [0, 0.05) is 41.3 Å². The summed E-state index contributed by atoms with van der Waals surface area (Å²) in [4.78, 5) is 65.6. The zero-order valence-electron chi connectivity index (χ0n) is 31.5. The van der Waals surface area contributed by atoms with Crippen LogP contribution in [-0.4, -0.2) is 63.2 Å². The maximum atomic E-state index is 13.4. The SMILES string of the molecule is CON(C)C(=O)c1cn(Cc2cccc(Br)n2)c2ccccc2c1=O.O=C(c1ccc(C2OCCCO2)cc1)c1cn(Cc2cccc(Br)n2)c2ccccc2c1=O. The maximum absolute atomic E-state index is 13.4. The predicted octanol–water partition coefficient (Wildman–Crippen LogP) is 7.71. The van der Waals surface area contributed by atoms with Gasteiger partial charge in [-0.05, 0) is 86.8 Å². The third kappa shape index (κ3) is 9.06. The lowest BCUT2D eigenvalue weighted by Gasteiger charge is -2.23. The molecule has 5 heterocycles. The van der Waals surface area contributed by atoms with Gasteiger partial charge >= 0.3 is 0 Å². The lowest BCUT2D eigenvalue weighted by atomic mass is 10.0. The first-order valence-corrected chi connectivity index (χ1v) is 19.9. The van der Waals surface area contributed by atoms with E-state index in [-0.39, 0.29) is 27.8 Å². The van der Waals surface area contributed by atoms with E-state index >= 15 is 0 Å². The molecule has 1 aliphatic rings. The molecule has 0 atom stereocenters. The summed E-state index contributed by atoms with van der Waals surface area (Å²) in [5.41, 5.74) is 3.99. The van der Waals surface area contributed by atoms with E-state index in [2.05, 4.69) is 41.8 Å². The van der Waals surface area contributed by atoms with Crippen LogP contribution in [-0.2, 0) is 27.4 Å². The Bertz CT molecular complexity index is 2750. The molecule has 0 aliphatic carbocycles. The van der Waals surface area contributed by atoms with E-state index in [0.29, 0.717) is 42.6 Å². The van der Waals surface area contributed by atoms with Gasteiger partial charge in [0.2, 0.25) is 10.9 Å². The standard InChI is InChI=1S/C26H21BrN2O4.C18H16BrN3O3/c27-23-8-3-5-19(28-23)15-29-16-21(25(31)20-6-1-2-7-22(20)29)24(30)17-9-11-18(12-10-17)26-32-13-4-14-33-26;1-21(25-2)18(24)14-11-22(10-12-6-5-9-16(19)20-12)15-8-4-3-7-13(15)17(14)23/h1-3,5-12,16,26H,4,13-15H2;3-9,11H,10H2,1-2H3. The lowest BCUT2D eigenvalue weighted by Crippen LogP contribution is -2.31. The van der Waals surface area contributed by atoms with E-state index in [1.54, 1.807) is 48.8 Å². The number of pyridine rings is 4. The summed E-state index contributed by atoms with van der Waals surface area (Å²) in [6, 6.07) is 32.9. The Kier molecular flexibility index (Phi) is 12.8. The van der Waals surface area contributed by atoms with Gasteiger partial charge in [-0.15, -0.1) is 0 Å². The highest BCUT2D eigenvalue weighted by molar-refractivity contribution is 9.10. The molecule has 0 unspecified atom stereocenters. The Morgan fingerprint density at radius 2 is 1.21 bits per heavy atom. The van der Waals surface area contributed by atoms with Crippen LogP contribution < -0.4 is 10.9 Å². The molecule has 7 aromatic rings. The number of ketones is 1. The number of rotatable bonds is 9. The van der Waals surface area contributed by atoms with Gasteiger partial charge in [-0.1, -0.05) is 60.7 Å². The van der Waals surface area contributed by atoms with Crippen molar-refractivity contribution in [1.29, 1.82) is 0 Å². The average molecular weight is 908 g/mol. The van der Waals surface area contributed by atoms with Crippen LogP contribution in [0, 0.1) is 0 Å². The van der Waals surface area contributed by atoms with Gasteiger partial charge in [0.1, 0.15) is 14.8 Å². The van der Waals surface area contributed by atoms with Crippen LogP contribution in [0.1, 0.15) is 55.9 Å². The molecular weight excluding hydrogens is 870 g/mol. The number of carbonyl (C=O) groups excluding carboxylic acids is 2. The molecule has 0 saturated carbocycles. The highest BCUT2D eigenvalue weighted by Crippen LogP contribution is 2.24. The van der Waals surface area contributed by atoms with Crippen LogP contribution in [0.25, 0.3) is 21.8 Å². The summed E-state index contributed by atoms with van der Waals surface area (Å²) in [6.07, 6.45) is 3.65. The fourth-order valence-corrected chi connectivity index (χ4v) is 7.33. The van der Waals surface area contributed by atoms with E-state index in [1.165, 1.54) is 14.2 Å². The van der Waals surface area contributed by atoms with Crippen LogP contribution in [0.5, 0.6) is 0 Å². The van der Waals surface area contributed by atoms with Crippen molar-refractivity contribution in [2.24, 2.45) is 0 Å². The molecule has 1 saturated heterocycles. The number of ether oxygens (including phenoxy) is 2. The fourth-order valence-electron chi connectivity index (χ4n) is 6.57. The molecule has 294 valence electrons. The first-order chi connectivity index (χ1) is 28.1. The van der Waals surface area contributed by atoms with E-state index in [1.807, 2.05) is 81.9 Å². The third-order valence-electron chi connectivity index (χ3n) is 9.49. The zero-order valence-corrected chi connectivity index (χ0v) is 34.7. The van der Waals surface area contributed by atoms with Crippen LogP contribution in [0.2, 0.25) is 0 Å². The topological polar surface area (TPSA) is 135 Å². The summed E-state index contributed by atoms with van der Waals surface area (Å²) in [5.74, 6) is -0.812. The summed E-state index contributed by atoms with van der Waals surface area (Å²) in [6.45, 7) is 2.15. The fraction of sp³-hybridized carbons (Fsp3) is 0.182. The molecule has 3 aromatic carbocycles. The molecule has 12 nitrogen and oxygen atoms in total. The van der Waals surface area contributed by atoms with E-state index in [9.17, 15) is 19.2 Å². The molecule has 1 aliphatic heterocycles. The van der Waals surface area contributed by atoms with E-state index in [4.69, 9.17) is 14.3 Å². The van der Waals surface area contributed by atoms with Crippen molar-refractivity contribution in [2.45, 2.75) is 25.8 Å². The normalized spacial score (nSPS) is 12.9. The number of fused-ring (bicyclic) bond motifs is 2. The van der Waals surface area contributed by atoms with Crippen LogP contribution in [0.4, 0.5) is 0 Å². The largest absolute Gasteiger partial charge is 0.348 e. The number of nitrogens with zero attached hydrogens (tertiary/aromatic N) is 5. The summed E-state index contributed by atoms with van der Waals surface area (Å²) < 4.78 is 16.5. The second-order valence-electron chi connectivity index (χ2n) is 13.3. The number of hydrogen-bond donors (Lipinski definition) is 0. The second kappa shape index (κ2) is 18.3. The number of carbonyl (C=O) groups is 2. The van der Waals surface area contributed by atoms with Gasteiger partial charge in [0.05, 0.1) is 61.4 Å². The number of para-hydroxylation sites is 2. The number of benzene rings is 3. The minimum absolute atomic E-state index is 0.0537. The third-order valence-corrected chi connectivity index (χ3v) is 10.4. The quantitative estimate of drug-likeness (QED) is 0.0811. The highest BCUT2D eigenvalue weighted by Gasteiger charge is 2.21. The average Bonchev–Trinajstić information content (AvgIpc) is 3.25. The Labute approximate surface area is 349 Å². The Balaban J connectivity index is 0.000000184. The van der Waals surface area contributed by atoms with Gasteiger partial charge in [0.15, 0.2) is 12.1 Å². The summed E-state index contributed by atoms with van der Waals surface area (Å²) >= 11 is 6.75. The Morgan fingerprint density at radius 3 is 1.72 bits per heavy atom. The van der Waals surface area contributed by atoms with Crippen LogP contribution in [0.15, 0.2) is 140 Å². The molecule has 0 bridgehead atoms. The molecule has 0 N–H and O–H groups in total. The lowest BCUT2D eigenvalue weighted by molar-refractivity contribution is -0.183. The van der Waals surface area contributed by atoms with Crippen molar-refractivity contribution in [1.82, 2.24) is 24.2 Å². The molecule has 1 amide bonds.